The number of carbonyl (C=O) groups excluding carboxylic acids is 1. The molecule has 0 bridgehead atoms. The number of primary amides is 1. The number of aliphatic hydroxyl groups excluding tert-OH is 1. The van der Waals surface area contributed by atoms with Gasteiger partial charge in [0.05, 0.1) is 17.7 Å². The van der Waals surface area contributed by atoms with Gasteiger partial charge >= 0.3 is 0 Å². The summed E-state index contributed by atoms with van der Waals surface area (Å²) < 4.78 is 0. The van der Waals surface area contributed by atoms with Crippen LogP contribution in [0.1, 0.15) is 36.0 Å². The first-order valence-electron chi connectivity index (χ1n) is 6.22. The van der Waals surface area contributed by atoms with Gasteiger partial charge in [0.2, 0.25) is 0 Å². The molecule has 5 nitrogen and oxygen atoms in total. The summed E-state index contributed by atoms with van der Waals surface area (Å²) in [7, 11) is 0. The fourth-order valence-electron chi connectivity index (χ4n) is 2.38. The Morgan fingerprint density at radius 2 is 2.06 bits per heavy atom. The standard InChI is InChI=1S/C13H19N3O2/c14-8-5-6-9(13(15)18)11(7-8)16-10-3-1-2-4-12(10)17/h5-7,10,12,16-17H,1-4,14H2,(H2,15,18). The maximum absolute atomic E-state index is 11.3. The number of rotatable bonds is 3. The van der Waals surface area contributed by atoms with Gasteiger partial charge in [0.15, 0.2) is 0 Å². The molecular formula is C13H19N3O2. The molecule has 0 saturated heterocycles. The van der Waals surface area contributed by atoms with Gasteiger partial charge in [-0.2, -0.15) is 0 Å². The monoisotopic (exact) mass is 249 g/mol. The molecule has 0 radical (unpaired) electrons. The predicted octanol–water partition coefficient (Wildman–Crippen LogP) is 1.08. The number of hydrogen-bond donors (Lipinski definition) is 4. The van der Waals surface area contributed by atoms with Crippen LogP contribution in [0.5, 0.6) is 0 Å². The zero-order valence-electron chi connectivity index (χ0n) is 10.2. The predicted molar refractivity (Wildman–Crippen MR) is 71.3 cm³/mol. The molecule has 1 fully saturated rings. The second-order valence-corrected chi connectivity index (χ2v) is 4.77. The Labute approximate surface area is 106 Å². The Bertz CT molecular complexity index is 448. The molecule has 5 heteroatoms. The zero-order chi connectivity index (χ0) is 13.1. The summed E-state index contributed by atoms with van der Waals surface area (Å²) >= 11 is 0. The van der Waals surface area contributed by atoms with Crippen molar-refractivity contribution in [1.29, 1.82) is 0 Å². The summed E-state index contributed by atoms with van der Waals surface area (Å²) in [5, 5.41) is 13.1. The van der Waals surface area contributed by atoms with Crippen LogP contribution in [0, 0.1) is 0 Å². The van der Waals surface area contributed by atoms with E-state index >= 15 is 0 Å². The van der Waals surface area contributed by atoms with Crippen LogP contribution in [0.2, 0.25) is 0 Å². The first-order valence-corrected chi connectivity index (χ1v) is 6.22. The third kappa shape index (κ3) is 2.73. The molecule has 2 unspecified atom stereocenters. The van der Waals surface area contributed by atoms with Gasteiger partial charge in [-0.1, -0.05) is 12.8 Å². The minimum atomic E-state index is -0.497. The van der Waals surface area contributed by atoms with E-state index in [1.807, 2.05) is 0 Å². The van der Waals surface area contributed by atoms with Crippen molar-refractivity contribution >= 4 is 17.3 Å². The number of amides is 1. The van der Waals surface area contributed by atoms with Gasteiger partial charge in [-0.25, -0.2) is 0 Å². The molecule has 1 aliphatic rings. The topological polar surface area (TPSA) is 101 Å². The summed E-state index contributed by atoms with van der Waals surface area (Å²) in [6, 6.07) is 4.89. The summed E-state index contributed by atoms with van der Waals surface area (Å²) in [5.41, 5.74) is 12.6. The highest BCUT2D eigenvalue weighted by Crippen LogP contribution is 2.25. The molecule has 0 spiro atoms. The number of hydrogen-bond acceptors (Lipinski definition) is 4. The van der Waals surface area contributed by atoms with Crippen molar-refractivity contribution in [3.63, 3.8) is 0 Å². The van der Waals surface area contributed by atoms with Gasteiger partial charge in [0, 0.05) is 11.4 Å². The Balaban J connectivity index is 2.21. The number of carbonyl (C=O) groups is 1. The third-order valence-corrected chi connectivity index (χ3v) is 3.38. The van der Waals surface area contributed by atoms with Crippen molar-refractivity contribution in [3.8, 4) is 0 Å². The van der Waals surface area contributed by atoms with Crippen molar-refractivity contribution in [3.05, 3.63) is 23.8 Å². The summed E-state index contributed by atoms with van der Waals surface area (Å²) in [6.45, 7) is 0. The highest BCUT2D eigenvalue weighted by atomic mass is 16.3. The minimum Gasteiger partial charge on any atom is -0.399 e. The molecule has 0 aromatic heterocycles. The molecule has 1 aliphatic carbocycles. The molecule has 0 heterocycles. The number of nitrogens with two attached hydrogens (primary N) is 2. The van der Waals surface area contributed by atoms with E-state index in [2.05, 4.69) is 5.32 Å². The van der Waals surface area contributed by atoms with Gasteiger partial charge in [0.1, 0.15) is 0 Å². The summed E-state index contributed by atoms with van der Waals surface area (Å²) in [5.74, 6) is -0.497. The molecule has 6 N–H and O–H groups in total. The molecule has 2 atom stereocenters. The number of anilines is 2. The highest BCUT2D eigenvalue weighted by molar-refractivity contribution is 5.99. The third-order valence-electron chi connectivity index (χ3n) is 3.38. The Hall–Kier alpha value is -1.75. The van der Waals surface area contributed by atoms with Crippen molar-refractivity contribution in [2.24, 2.45) is 5.73 Å². The van der Waals surface area contributed by atoms with E-state index < -0.39 is 5.91 Å². The molecule has 98 valence electrons. The van der Waals surface area contributed by atoms with Gasteiger partial charge in [-0.15, -0.1) is 0 Å². The van der Waals surface area contributed by atoms with E-state index in [1.165, 1.54) is 0 Å². The number of nitrogens with one attached hydrogen (secondary N) is 1. The second kappa shape index (κ2) is 5.27. The quantitative estimate of drug-likeness (QED) is 0.602. The fourth-order valence-corrected chi connectivity index (χ4v) is 2.38. The maximum atomic E-state index is 11.3. The Morgan fingerprint density at radius 1 is 1.33 bits per heavy atom. The molecule has 1 amide bonds. The number of nitrogen functional groups attached to an aromatic ring is 1. The van der Waals surface area contributed by atoms with Crippen LogP contribution in [-0.2, 0) is 0 Å². The lowest BCUT2D eigenvalue weighted by Gasteiger charge is -2.29. The van der Waals surface area contributed by atoms with E-state index in [0.717, 1.165) is 25.7 Å². The first kappa shape index (κ1) is 12.7. The Kier molecular flexibility index (Phi) is 3.72. The van der Waals surface area contributed by atoms with E-state index in [4.69, 9.17) is 11.5 Å². The highest BCUT2D eigenvalue weighted by Gasteiger charge is 2.24. The molecule has 18 heavy (non-hydrogen) atoms. The average Bonchev–Trinajstić information content (AvgIpc) is 2.32. The zero-order valence-corrected chi connectivity index (χ0v) is 10.2. The van der Waals surface area contributed by atoms with E-state index in [0.29, 0.717) is 16.9 Å². The summed E-state index contributed by atoms with van der Waals surface area (Å²) in [4.78, 5) is 11.3. The van der Waals surface area contributed by atoms with E-state index in [9.17, 15) is 9.90 Å². The number of benzene rings is 1. The van der Waals surface area contributed by atoms with Gasteiger partial charge < -0.3 is 21.9 Å². The largest absolute Gasteiger partial charge is 0.399 e. The lowest BCUT2D eigenvalue weighted by molar-refractivity contribution is 0.0999. The van der Waals surface area contributed by atoms with Gasteiger partial charge in [-0.3, -0.25) is 4.79 Å². The van der Waals surface area contributed by atoms with E-state index in [1.54, 1.807) is 18.2 Å². The average molecular weight is 249 g/mol. The smallest absolute Gasteiger partial charge is 0.250 e. The molecule has 0 aliphatic heterocycles. The van der Waals surface area contributed by atoms with Crippen LogP contribution in [0.25, 0.3) is 0 Å². The van der Waals surface area contributed by atoms with Crippen LogP contribution < -0.4 is 16.8 Å². The minimum absolute atomic E-state index is 0.0429. The van der Waals surface area contributed by atoms with Crippen LogP contribution in [0.15, 0.2) is 18.2 Å². The normalized spacial score (nSPS) is 23.6. The van der Waals surface area contributed by atoms with E-state index in [-0.39, 0.29) is 12.1 Å². The van der Waals surface area contributed by atoms with Crippen LogP contribution in [0.4, 0.5) is 11.4 Å². The van der Waals surface area contributed by atoms with Crippen molar-refractivity contribution in [2.75, 3.05) is 11.1 Å². The van der Waals surface area contributed by atoms with Crippen molar-refractivity contribution in [2.45, 2.75) is 37.8 Å². The van der Waals surface area contributed by atoms with Crippen molar-refractivity contribution < 1.29 is 9.90 Å². The summed E-state index contributed by atoms with van der Waals surface area (Å²) in [6.07, 6.45) is 3.39. The van der Waals surface area contributed by atoms with Crippen LogP contribution >= 0.6 is 0 Å². The Morgan fingerprint density at radius 3 is 2.72 bits per heavy atom. The SMILES string of the molecule is NC(=O)c1ccc(N)cc1NC1CCCCC1O. The number of aliphatic hydroxyl groups is 1. The molecule has 2 rings (SSSR count). The first-order chi connectivity index (χ1) is 8.58. The van der Waals surface area contributed by atoms with Crippen LogP contribution in [-0.4, -0.2) is 23.2 Å². The van der Waals surface area contributed by atoms with Crippen LogP contribution in [0.3, 0.4) is 0 Å². The molecule has 1 aromatic rings. The second-order valence-electron chi connectivity index (χ2n) is 4.77. The molecular weight excluding hydrogens is 230 g/mol. The molecule has 1 aromatic carbocycles. The lowest BCUT2D eigenvalue weighted by atomic mass is 9.92. The fraction of sp³-hybridized carbons (Fsp3) is 0.462. The lowest BCUT2D eigenvalue weighted by Crippen LogP contribution is -2.37. The molecule has 1 saturated carbocycles. The maximum Gasteiger partial charge on any atom is 0.250 e. The van der Waals surface area contributed by atoms with Gasteiger partial charge in [0.25, 0.3) is 5.91 Å². The van der Waals surface area contributed by atoms with Gasteiger partial charge in [-0.05, 0) is 31.0 Å². The van der Waals surface area contributed by atoms with Crippen molar-refractivity contribution in [1.82, 2.24) is 0 Å².